The van der Waals surface area contributed by atoms with Crippen molar-refractivity contribution in [2.45, 2.75) is 37.6 Å². The molecule has 3 nitrogen and oxygen atoms in total. The van der Waals surface area contributed by atoms with Crippen LogP contribution in [0.2, 0.25) is 0 Å². The average Bonchev–Trinajstić information content (AvgIpc) is 2.98. The Labute approximate surface area is 135 Å². The molecule has 0 heterocycles. The third kappa shape index (κ3) is 3.17. The molecule has 1 saturated carbocycles. The second kappa shape index (κ2) is 5.87. The number of hydrogen-bond donors (Lipinski definition) is 0. The Hall–Kier alpha value is -1.24. The quantitative estimate of drug-likeness (QED) is 0.771. The summed E-state index contributed by atoms with van der Waals surface area (Å²) >= 11 is 12.2. The summed E-state index contributed by atoms with van der Waals surface area (Å²) in [6.45, 7) is 5.02. The van der Waals surface area contributed by atoms with Crippen molar-refractivity contribution in [2.75, 3.05) is 6.54 Å². The fraction of sp³-hybridized carbons (Fsp3) is 0.500. The molecule has 1 fully saturated rings. The van der Waals surface area contributed by atoms with Gasteiger partial charge >= 0.3 is 0 Å². The molecule has 0 N–H and O–H groups in total. The van der Waals surface area contributed by atoms with Gasteiger partial charge in [-0.05, 0) is 37.5 Å². The summed E-state index contributed by atoms with van der Waals surface area (Å²) in [4.78, 5) is 14.5. The molecule has 0 bridgehead atoms. The highest BCUT2D eigenvalue weighted by Gasteiger charge is 2.68. The van der Waals surface area contributed by atoms with Crippen molar-refractivity contribution in [1.82, 2.24) is 4.90 Å². The van der Waals surface area contributed by atoms with Crippen molar-refractivity contribution in [1.29, 1.82) is 5.26 Å². The maximum Gasteiger partial charge on any atom is 0.231 e. The highest BCUT2D eigenvalue weighted by molar-refractivity contribution is 6.53. The van der Waals surface area contributed by atoms with Crippen molar-refractivity contribution < 1.29 is 4.79 Å². The number of halogens is 2. The third-order valence-corrected chi connectivity index (χ3v) is 5.07. The van der Waals surface area contributed by atoms with Crippen LogP contribution in [0.4, 0.5) is 0 Å². The lowest BCUT2D eigenvalue weighted by Gasteiger charge is -2.26. The second-order valence-corrected chi connectivity index (χ2v) is 7.23. The number of carbonyl (C=O) groups excluding carboxylic acids is 1. The molecule has 1 aliphatic carbocycles. The predicted octanol–water partition coefficient (Wildman–Crippen LogP) is 3.88. The Morgan fingerprint density at radius 3 is 2.38 bits per heavy atom. The highest BCUT2D eigenvalue weighted by atomic mass is 35.5. The minimum absolute atomic E-state index is 0.00119. The number of benzene rings is 1. The first-order valence-electron chi connectivity index (χ1n) is 7.00. The zero-order chi connectivity index (χ0) is 15.7. The van der Waals surface area contributed by atoms with E-state index in [4.69, 9.17) is 28.5 Å². The molecule has 0 aliphatic heterocycles. The van der Waals surface area contributed by atoms with Crippen molar-refractivity contribution in [3.05, 3.63) is 35.4 Å². The van der Waals surface area contributed by atoms with Crippen molar-refractivity contribution in [3.8, 4) is 6.07 Å². The number of nitrogens with zero attached hydrogens (tertiary/aromatic N) is 2. The molecule has 1 unspecified atom stereocenters. The topological polar surface area (TPSA) is 44.1 Å². The fourth-order valence-electron chi connectivity index (χ4n) is 2.41. The van der Waals surface area contributed by atoms with Gasteiger partial charge in [0.1, 0.15) is 4.33 Å². The molecular formula is C16H18Cl2N2O. The van der Waals surface area contributed by atoms with Crippen molar-refractivity contribution in [3.63, 3.8) is 0 Å². The monoisotopic (exact) mass is 324 g/mol. The van der Waals surface area contributed by atoms with Gasteiger partial charge in [-0.15, -0.1) is 23.2 Å². The molecule has 5 heteroatoms. The number of hydrogen-bond acceptors (Lipinski definition) is 2. The van der Waals surface area contributed by atoms with Crippen LogP contribution in [0.1, 0.15) is 37.8 Å². The Kier molecular flexibility index (Phi) is 4.51. The smallest absolute Gasteiger partial charge is 0.231 e. The Morgan fingerprint density at radius 2 is 1.95 bits per heavy atom. The molecular weight excluding hydrogens is 307 g/mol. The minimum Gasteiger partial charge on any atom is -0.338 e. The van der Waals surface area contributed by atoms with Crippen LogP contribution >= 0.6 is 23.2 Å². The number of carbonyl (C=O) groups is 1. The van der Waals surface area contributed by atoms with Crippen LogP contribution in [0, 0.1) is 16.7 Å². The lowest BCUT2D eigenvalue weighted by atomic mass is 10.1. The SMILES string of the molecule is CCCN(Cc1ccc(C#N)cc1)C(=O)C1(C)CC1(Cl)Cl. The van der Waals surface area contributed by atoms with Gasteiger partial charge in [-0.2, -0.15) is 5.26 Å². The second-order valence-electron chi connectivity index (χ2n) is 5.75. The molecule has 0 radical (unpaired) electrons. The van der Waals surface area contributed by atoms with E-state index < -0.39 is 9.75 Å². The average molecular weight is 325 g/mol. The minimum atomic E-state index is -0.944. The van der Waals surface area contributed by atoms with E-state index in [0.29, 0.717) is 25.1 Å². The van der Waals surface area contributed by atoms with E-state index in [9.17, 15) is 4.79 Å². The zero-order valence-corrected chi connectivity index (χ0v) is 13.7. The largest absolute Gasteiger partial charge is 0.338 e. The third-order valence-electron chi connectivity index (χ3n) is 3.97. The number of alkyl halides is 2. The van der Waals surface area contributed by atoms with Gasteiger partial charge in [-0.3, -0.25) is 4.79 Å². The van der Waals surface area contributed by atoms with E-state index in [0.717, 1.165) is 12.0 Å². The summed E-state index contributed by atoms with van der Waals surface area (Å²) in [5.74, 6) is -0.00119. The van der Waals surface area contributed by atoms with Crippen LogP contribution in [-0.2, 0) is 11.3 Å². The molecule has 1 aliphatic rings. The van der Waals surface area contributed by atoms with Gasteiger partial charge in [0, 0.05) is 13.1 Å². The van der Waals surface area contributed by atoms with Gasteiger partial charge in [-0.25, -0.2) is 0 Å². The van der Waals surface area contributed by atoms with Crippen molar-refractivity contribution in [2.24, 2.45) is 5.41 Å². The lowest BCUT2D eigenvalue weighted by Crippen LogP contribution is -2.38. The molecule has 0 spiro atoms. The predicted molar refractivity (Wildman–Crippen MR) is 84.0 cm³/mol. The Bertz CT molecular complexity index is 577. The Balaban J connectivity index is 2.12. The molecule has 1 aromatic rings. The number of nitriles is 1. The standard InChI is InChI=1S/C16H18Cl2N2O/c1-3-8-20(14(21)15(2)11-16(15,17)18)10-13-6-4-12(9-19)5-7-13/h4-7H,3,8,10-11H2,1-2H3. The lowest BCUT2D eigenvalue weighted by molar-refractivity contribution is -0.137. The van der Waals surface area contributed by atoms with Crippen LogP contribution < -0.4 is 0 Å². The first-order valence-corrected chi connectivity index (χ1v) is 7.76. The first-order chi connectivity index (χ1) is 9.84. The van der Waals surface area contributed by atoms with Crippen LogP contribution in [0.25, 0.3) is 0 Å². The van der Waals surface area contributed by atoms with E-state index in [1.807, 2.05) is 26.0 Å². The van der Waals surface area contributed by atoms with Gasteiger partial charge in [0.05, 0.1) is 17.0 Å². The maximum atomic E-state index is 12.7. The summed E-state index contributed by atoms with van der Waals surface area (Å²) in [5, 5.41) is 8.81. The van der Waals surface area contributed by atoms with Crippen molar-refractivity contribution >= 4 is 29.1 Å². The van der Waals surface area contributed by atoms with E-state index in [2.05, 4.69) is 6.07 Å². The van der Waals surface area contributed by atoms with Crippen LogP contribution in [0.15, 0.2) is 24.3 Å². The van der Waals surface area contributed by atoms with E-state index in [-0.39, 0.29) is 5.91 Å². The normalized spacial score (nSPS) is 22.4. The Morgan fingerprint density at radius 1 is 1.38 bits per heavy atom. The van der Waals surface area contributed by atoms with Crippen LogP contribution in [0.3, 0.4) is 0 Å². The van der Waals surface area contributed by atoms with Gasteiger partial charge in [0.25, 0.3) is 0 Å². The highest BCUT2D eigenvalue weighted by Crippen LogP contribution is 2.64. The summed E-state index contributed by atoms with van der Waals surface area (Å²) in [5.41, 5.74) is 0.925. The van der Waals surface area contributed by atoms with E-state index >= 15 is 0 Å². The summed E-state index contributed by atoms with van der Waals surface area (Å²) < 4.78 is -0.944. The molecule has 1 amide bonds. The summed E-state index contributed by atoms with van der Waals surface area (Å²) in [7, 11) is 0. The molecule has 21 heavy (non-hydrogen) atoms. The maximum absolute atomic E-state index is 12.7. The molecule has 1 aromatic carbocycles. The summed E-state index contributed by atoms with van der Waals surface area (Å²) in [6.07, 6.45) is 1.37. The van der Waals surface area contributed by atoms with Crippen LogP contribution in [0.5, 0.6) is 0 Å². The zero-order valence-electron chi connectivity index (χ0n) is 12.2. The van der Waals surface area contributed by atoms with Gasteiger partial charge < -0.3 is 4.90 Å². The number of amides is 1. The first kappa shape index (κ1) is 16.1. The van der Waals surface area contributed by atoms with E-state index in [1.165, 1.54) is 0 Å². The molecule has 1 atom stereocenters. The van der Waals surface area contributed by atoms with E-state index in [1.54, 1.807) is 17.0 Å². The molecule has 0 saturated heterocycles. The molecule has 112 valence electrons. The molecule has 0 aromatic heterocycles. The molecule has 2 rings (SSSR count). The van der Waals surface area contributed by atoms with Gasteiger partial charge in [-0.1, -0.05) is 19.1 Å². The fourth-order valence-corrected chi connectivity index (χ4v) is 3.10. The van der Waals surface area contributed by atoms with Gasteiger partial charge in [0.2, 0.25) is 5.91 Å². The van der Waals surface area contributed by atoms with Crippen LogP contribution in [-0.4, -0.2) is 21.7 Å². The summed E-state index contributed by atoms with van der Waals surface area (Å²) in [6, 6.07) is 9.35. The number of rotatable bonds is 5. The van der Waals surface area contributed by atoms with Gasteiger partial charge in [0.15, 0.2) is 0 Å².